The summed E-state index contributed by atoms with van der Waals surface area (Å²) in [6.07, 6.45) is 0. The van der Waals surface area contributed by atoms with Crippen LogP contribution in [0.4, 0.5) is 0 Å². The lowest BCUT2D eigenvalue weighted by Gasteiger charge is -2.32. The van der Waals surface area contributed by atoms with Gasteiger partial charge in [0.05, 0.1) is 7.11 Å². The normalized spacial score (nSPS) is 20.8. The summed E-state index contributed by atoms with van der Waals surface area (Å²) in [5, 5.41) is 25.8. The highest BCUT2D eigenvalue weighted by molar-refractivity contribution is 5.98. The fraction of sp³-hybridized carbons (Fsp3) is 0.500. The number of rotatable bonds is 2. The largest absolute Gasteiger partial charge is 0.714 e. The average Bonchev–Trinajstić information content (AvgIpc) is 2.49. The summed E-state index contributed by atoms with van der Waals surface area (Å²) in [7, 11) is 1.52. The maximum absolute atomic E-state index is 12.5. The second-order valence-corrected chi connectivity index (χ2v) is 5.73. The van der Waals surface area contributed by atoms with Gasteiger partial charge < -0.3 is 9.94 Å². The molecule has 0 saturated heterocycles. The van der Waals surface area contributed by atoms with Crippen molar-refractivity contribution in [2.45, 2.75) is 38.8 Å². The van der Waals surface area contributed by atoms with E-state index in [1.54, 1.807) is 52.0 Å². The van der Waals surface area contributed by atoms with E-state index in [-0.39, 0.29) is 5.84 Å². The van der Waals surface area contributed by atoms with Crippen molar-refractivity contribution in [2.75, 3.05) is 7.11 Å². The van der Waals surface area contributed by atoms with E-state index in [0.717, 1.165) is 9.80 Å². The molecule has 5 heteroatoms. The van der Waals surface area contributed by atoms with E-state index < -0.39 is 11.1 Å². The van der Waals surface area contributed by atoms with E-state index in [0.29, 0.717) is 11.3 Å². The molecule has 1 radical (unpaired) electrons. The van der Waals surface area contributed by atoms with Gasteiger partial charge in [0.2, 0.25) is 0 Å². The van der Waals surface area contributed by atoms with Gasteiger partial charge in [-0.1, -0.05) is 17.2 Å². The van der Waals surface area contributed by atoms with Crippen LogP contribution in [-0.4, -0.2) is 33.8 Å². The van der Waals surface area contributed by atoms with Crippen molar-refractivity contribution in [3.8, 4) is 5.75 Å². The second kappa shape index (κ2) is 4.13. The van der Waals surface area contributed by atoms with E-state index in [2.05, 4.69) is 0 Å². The summed E-state index contributed by atoms with van der Waals surface area (Å²) < 4.78 is 6.03. The Labute approximate surface area is 113 Å². The first kappa shape index (κ1) is 13.7. The highest BCUT2D eigenvalue weighted by atomic mass is 16.5. The molecular weight excluding hydrogens is 244 g/mol. The van der Waals surface area contributed by atoms with Gasteiger partial charge in [-0.15, -0.1) is 0 Å². The molecule has 0 spiro atoms. The first-order valence-corrected chi connectivity index (χ1v) is 6.20. The van der Waals surface area contributed by atoms with Crippen LogP contribution in [0.25, 0.3) is 0 Å². The van der Waals surface area contributed by atoms with Crippen LogP contribution in [0, 0.1) is 5.21 Å². The molecule has 1 heterocycles. The zero-order valence-corrected chi connectivity index (χ0v) is 11.9. The van der Waals surface area contributed by atoms with Crippen molar-refractivity contribution in [3.63, 3.8) is 0 Å². The first-order valence-electron chi connectivity index (χ1n) is 6.20. The van der Waals surface area contributed by atoms with Crippen LogP contribution in [0.1, 0.15) is 33.3 Å². The Hall–Kier alpha value is -1.75. The van der Waals surface area contributed by atoms with Crippen LogP contribution in [0.2, 0.25) is 0 Å². The van der Waals surface area contributed by atoms with Crippen molar-refractivity contribution in [3.05, 3.63) is 35.0 Å². The number of ether oxygens (including phenoxy) is 1. The van der Waals surface area contributed by atoms with Gasteiger partial charge in [-0.25, -0.2) is 0 Å². The Kier molecular flexibility index (Phi) is 2.97. The lowest BCUT2D eigenvalue weighted by atomic mass is 9.84. The highest BCUT2D eigenvalue weighted by Crippen LogP contribution is 2.38. The fourth-order valence-corrected chi connectivity index (χ4v) is 2.16. The van der Waals surface area contributed by atoms with Crippen LogP contribution in [0.15, 0.2) is 24.3 Å². The summed E-state index contributed by atoms with van der Waals surface area (Å²) in [5.74, 6) is 0.625. The minimum Gasteiger partial charge on any atom is -0.714 e. The van der Waals surface area contributed by atoms with E-state index in [1.807, 2.05) is 0 Å². The third-order valence-electron chi connectivity index (χ3n) is 4.25. The van der Waals surface area contributed by atoms with E-state index in [1.165, 1.54) is 7.11 Å². The third-order valence-corrected chi connectivity index (χ3v) is 4.25. The van der Waals surface area contributed by atoms with E-state index in [9.17, 15) is 10.4 Å². The summed E-state index contributed by atoms with van der Waals surface area (Å²) >= 11 is 0. The van der Waals surface area contributed by atoms with Gasteiger partial charge in [-0.3, -0.25) is 4.74 Å². The molecule has 1 aromatic carbocycles. The van der Waals surface area contributed by atoms with Gasteiger partial charge in [0.15, 0.2) is 5.54 Å². The van der Waals surface area contributed by atoms with Crippen LogP contribution in [0.3, 0.4) is 0 Å². The molecule has 1 aliphatic heterocycles. The third kappa shape index (κ3) is 1.69. The maximum Gasteiger partial charge on any atom is 0.320 e. The summed E-state index contributed by atoms with van der Waals surface area (Å²) in [4.78, 5) is 0. The van der Waals surface area contributed by atoms with Crippen molar-refractivity contribution in [2.24, 2.45) is 0 Å². The van der Waals surface area contributed by atoms with E-state index >= 15 is 0 Å². The SMILES string of the molecule is COc1ccccc1C1=[N+]([O-])C(C)(C)C(C)(C)N1[O]. The molecule has 0 aromatic heterocycles. The fourth-order valence-electron chi connectivity index (χ4n) is 2.16. The molecule has 103 valence electrons. The molecule has 0 atom stereocenters. The Bertz CT molecular complexity index is 535. The lowest BCUT2D eigenvalue weighted by Crippen LogP contribution is -2.53. The molecule has 0 bridgehead atoms. The van der Waals surface area contributed by atoms with Gasteiger partial charge in [0, 0.05) is 5.21 Å². The molecule has 0 fully saturated rings. The van der Waals surface area contributed by atoms with Crippen molar-refractivity contribution in [1.82, 2.24) is 5.06 Å². The minimum atomic E-state index is -0.815. The van der Waals surface area contributed by atoms with Crippen molar-refractivity contribution < 1.29 is 14.7 Å². The number of nitrogens with zero attached hydrogens (tertiary/aromatic N) is 2. The average molecular weight is 263 g/mol. The monoisotopic (exact) mass is 263 g/mol. The number of para-hydroxylation sites is 1. The summed E-state index contributed by atoms with van der Waals surface area (Å²) in [5.41, 5.74) is -1.11. The molecule has 0 N–H and O–H groups in total. The van der Waals surface area contributed by atoms with Crippen molar-refractivity contribution >= 4 is 5.84 Å². The van der Waals surface area contributed by atoms with Crippen LogP contribution >= 0.6 is 0 Å². The summed E-state index contributed by atoms with van der Waals surface area (Å²) in [6.45, 7) is 7.08. The quantitative estimate of drug-likeness (QED) is 0.607. The van der Waals surface area contributed by atoms with Gasteiger partial charge in [-0.2, -0.15) is 0 Å². The standard InChI is InChI=1S/C14H19N2O3/c1-13(2)14(3,4)16(18)12(15(13)17)10-8-6-7-9-11(10)19-5/h6-9H,1-5H3. The molecule has 1 aromatic rings. The Balaban J connectivity index is 2.65. The Morgan fingerprint density at radius 2 is 1.79 bits per heavy atom. The number of benzene rings is 1. The van der Waals surface area contributed by atoms with Gasteiger partial charge >= 0.3 is 5.84 Å². The maximum atomic E-state index is 12.5. The first-order chi connectivity index (χ1) is 8.75. The van der Waals surface area contributed by atoms with E-state index in [4.69, 9.17) is 4.74 Å². The number of methoxy groups -OCH3 is 1. The Morgan fingerprint density at radius 1 is 1.21 bits per heavy atom. The molecule has 19 heavy (non-hydrogen) atoms. The topological polar surface area (TPSA) is 58.4 Å². The number of amidine groups is 1. The number of hydroxylamine groups is 3. The summed E-state index contributed by atoms with van der Waals surface area (Å²) in [6, 6.07) is 7.05. The lowest BCUT2D eigenvalue weighted by molar-refractivity contribution is -0.539. The van der Waals surface area contributed by atoms with Crippen LogP contribution < -0.4 is 4.74 Å². The molecular formula is C14H19N2O3. The smallest absolute Gasteiger partial charge is 0.320 e. The van der Waals surface area contributed by atoms with Gasteiger partial charge in [-0.05, 0) is 39.8 Å². The van der Waals surface area contributed by atoms with Crippen molar-refractivity contribution in [1.29, 1.82) is 0 Å². The molecule has 5 nitrogen and oxygen atoms in total. The molecule has 0 amide bonds. The molecule has 0 unspecified atom stereocenters. The van der Waals surface area contributed by atoms with Crippen LogP contribution in [0.5, 0.6) is 5.75 Å². The van der Waals surface area contributed by atoms with Gasteiger partial charge in [0.25, 0.3) is 0 Å². The molecule has 0 saturated carbocycles. The highest BCUT2D eigenvalue weighted by Gasteiger charge is 2.60. The minimum absolute atomic E-state index is 0.104. The van der Waals surface area contributed by atoms with Crippen LogP contribution in [-0.2, 0) is 5.21 Å². The zero-order valence-electron chi connectivity index (χ0n) is 11.9. The number of hydrogen-bond donors (Lipinski definition) is 0. The second-order valence-electron chi connectivity index (χ2n) is 5.73. The molecule has 2 rings (SSSR count). The predicted octanol–water partition coefficient (Wildman–Crippen LogP) is 2.17. The number of hydrogen-bond acceptors (Lipinski definition) is 3. The Morgan fingerprint density at radius 3 is 2.26 bits per heavy atom. The van der Waals surface area contributed by atoms with Gasteiger partial charge in [0.1, 0.15) is 16.9 Å². The zero-order chi connectivity index (χ0) is 14.4. The molecule has 1 aliphatic rings. The molecule has 0 aliphatic carbocycles. The predicted molar refractivity (Wildman–Crippen MR) is 71.4 cm³/mol.